The zero-order chi connectivity index (χ0) is 21.8. The summed E-state index contributed by atoms with van der Waals surface area (Å²) < 4.78 is 13.0. The highest BCUT2D eigenvalue weighted by Crippen LogP contribution is 2.26. The highest BCUT2D eigenvalue weighted by molar-refractivity contribution is 6.11. The van der Waals surface area contributed by atoms with Gasteiger partial charge in [0.2, 0.25) is 0 Å². The molecule has 2 aliphatic rings. The number of anilines is 1. The largest absolute Gasteiger partial charge is 0.451 e. The minimum absolute atomic E-state index is 0.231. The summed E-state index contributed by atoms with van der Waals surface area (Å²) in [4.78, 5) is 23.8. The number of nitrogens with one attached hydrogen (secondary N) is 1. The van der Waals surface area contributed by atoms with Gasteiger partial charge in [-0.1, -0.05) is 12.1 Å². The molecule has 0 aromatic carbocycles. The van der Waals surface area contributed by atoms with E-state index < -0.39 is 0 Å². The van der Waals surface area contributed by atoms with Crippen molar-refractivity contribution in [2.24, 2.45) is 4.99 Å². The van der Waals surface area contributed by atoms with Gasteiger partial charge in [-0.25, -0.2) is 0 Å². The van der Waals surface area contributed by atoms with Gasteiger partial charge in [-0.05, 0) is 24.3 Å². The van der Waals surface area contributed by atoms with E-state index in [4.69, 9.17) is 14.3 Å². The number of amides is 1. The van der Waals surface area contributed by atoms with E-state index >= 15 is 0 Å². The molecule has 0 spiro atoms. The number of ether oxygens (including phenoxy) is 1. The number of hydrogen-bond donors (Lipinski definition) is 1. The zero-order valence-electron chi connectivity index (χ0n) is 17.6. The maximum absolute atomic E-state index is 12.9. The molecule has 3 aromatic rings. The van der Waals surface area contributed by atoms with Crippen molar-refractivity contribution < 1.29 is 13.9 Å². The third kappa shape index (κ3) is 4.53. The standard InChI is InChI=1S/C23H24N6O3/c30-23(21-5-4-20(32-21)17-6-8-24-15-17)26-19-16-29(10-9-28-11-13-31-14-12-28)27-22(19)18-3-1-2-7-25-18/h1-7,15-16H,8-14H2,(H,26,30). The van der Waals surface area contributed by atoms with E-state index in [0.29, 0.717) is 35.9 Å². The average molecular weight is 432 g/mol. The van der Waals surface area contributed by atoms with Gasteiger partial charge in [0.1, 0.15) is 11.5 Å². The molecule has 0 saturated carbocycles. The first-order chi connectivity index (χ1) is 15.8. The van der Waals surface area contributed by atoms with Crippen molar-refractivity contribution in [2.45, 2.75) is 6.54 Å². The van der Waals surface area contributed by atoms with Crippen molar-refractivity contribution in [3.05, 3.63) is 60.3 Å². The van der Waals surface area contributed by atoms with Gasteiger partial charge < -0.3 is 14.5 Å². The van der Waals surface area contributed by atoms with Gasteiger partial charge >= 0.3 is 0 Å². The molecule has 0 aliphatic carbocycles. The lowest BCUT2D eigenvalue weighted by molar-refractivity contribution is 0.0360. The first-order valence-corrected chi connectivity index (χ1v) is 10.7. The van der Waals surface area contributed by atoms with Crippen molar-refractivity contribution in [3.63, 3.8) is 0 Å². The van der Waals surface area contributed by atoms with Gasteiger partial charge in [0.05, 0.1) is 37.7 Å². The van der Waals surface area contributed by atoms with Crippen LogP contribution in [0.1, 0.15) is 16.3 Å². The molecule has 2 aliphatic heterocycles. The van der Waals surface area contributed by atoms with E-state index in [-0.39, 0.29) is 11.7 Å². The van der Waals surface area contributed by atoms with E-state index in [1.807, 2.05) is 35.2 Å². The van der Waals surface area contributed by atoms with Crippen LogP contribution in [0, 0.1) is 0 Å². The van der Waals surface area contributed by atoms with E-state index in [0.717, 1.165) is 38.4 Å². The summed E-state index contributed by atoms with van der Waals surface area (Å²) in [5, 5.41) is 7.65. The van der Waals surface area contributed by atoms with Crippen molar-refractivity contribution in [1.82, 2.24) is 19.7 Å². The second-order valence-corrected chi connectivity index (χ2v) is 7.60. The minimum Gasteiger partial charge on any atom is -0.451 e. The fourth-order valence-corrected chi connectivity index (χ4v) is 3.71. The molecule has 0 bridgehead atoms. The zero-order valence-corrected chi connectivity index (χ0v) is 17.6. The number of rotatable bonds is 7. The topological polar surface area (TPSA) is 97.8 Å². The Morgan fingerprint density at radius 3 is 2.81 bits per heavy atom. The minimum atomic E-state index is -0.336. The highest BCUT2D eigenvalue weighted by atomic mass is 16.5. The predicted molar refractivity (Wildman–Crippen MR) is 121 cm³/mol. The number of aliphatic imine (C=N–C) groups is 1. The lowest BCUT2D eigenvalue weighted by Crippen LogP contribution is -2.38. The van der Waals surface area contributed by atoms with Crippen LogP contribution in [0.4, 0.5) is 5.69 Å². The first kappa shape index (κ1) is 20.3. The number of aromatic nitrogens is 3. The van der Waals surface area contributed by atoms with Gasteiger partial charge in [0.25, 0.3) is 5.91 Å². The smallest absolute Gasteiger partial charge is 0.291 e. The van der Waals surface area contributed by atoms with E-state index in [1.165, 1.54) is 0 Å². The van der Waals surface area contributed by atoms with Gasteiger partial charge in [0.15, 0.2) is 5.76 Å². The third-order valence-electron chi connectivity index (χ3n) is 5.43. The number of carbonyl (C=O) groups is 1. The average Bonchev–Trinajstić information content (AvgIpc) is 3.60. The van der Waals surface area contributed by atoms with Crippen LogP contribution in [0.2, 0.25) is 0 Å². The number of nitrogens with zero attached hydrogens (tertiary/aromatic N) is 5. The lowest BCUT2D eigenvalue weighted by Gasteiger charge is -2.26. The maximum Gasteiger partial charge on any atom is 0.291 e. The Morgan fingerprint density at radius 2 is 2.03 bits per heavy atom. The number of hydrogen-bond acceptors (Lipinski definition) is 7. The number of pyridine rings is 1. The second kappa shape index (κ2) is 9.29. The number of carbonyl (C=O) groups excluding carboxylic acids is 1. The molecule has 1 N–H and O–H groups in total. The molecule has 1 fully saturated rings. The molecule has 5 heterocycles. The van der Waals surface area contributed by atoms with Crippen LogP contribution >= 0.6 is 0 Å². The Morgan fingerprint density at radius 1 is 1.12 bits per heavy atom. The Labute approximate surface area is 185 Å². The molecule has 1 amide bonds. The third-order valence-corrected chi connectivity index (χ3v) is 5.43. The van der Waals surface area contributed by atoms with Crippen LogP contribution < -0.4 is 5.32 Å². The van der Waals surface area contributed by atoms with Gasteiger partial charge in [-0.15, -0.1) is 0 Å². The molecule has 9 nitrogen and oxygen atoms in total. The molecule has 0 unspecified atom stereocenters. The predicted octanol–water partition coefficient (Wildman–Crippen LogP) is 2.59. The monoisotopic (exact) mass is 432 g/mol. The van der Waals surface area contributed by atoms with Crippen LogP contribution in [-0.2, 0) is 11.3 Å². The number of morpholine rings is 1. The summed E-state index contributed by atoms with van der Waals surface area (Å²) in [5.74, 6) is 0.522. The van der Waals surface area contributed by atoms with Gasteiger partial charge in [0, 0.05) is 43.8 Å². The van der Waals surface area contributed by atoms with Crippen LogP contribution in [-0.4, -0.2) is 71.2 Å². The van der Waals surface area contributed by atoms with Crippen molar-refractivity contribution in [2.75, 3.05) is 44.7 Å². The molecule has 0 atom stereocenters. The Hall–Kier alpha value is -3.56. The van der Waals surface area contributed by atoms with Crippen LogP contribution in [0.15, 0.2) is 58.2 Å². The van der Waals surface area contributed by atoms with Crippen LogP contribution in [0.5, 0.6) is 0 Å². The fraction of sp³-hybridized carbons (Fsp3) is 0.304. The summed E-state index contributed by atoms with van der Waals surface area (Å²) in [6.07, 6.45) is 7.26. The molecule has 0 radical (unpaired) electrons. The summed E-state index contributed by atoms with van der Waals surface area (Å²) in [7, 11) is 0. The Bertz CT molecular complexity index is 1140. The van der Waals surface area contributed by atoms with Crippen LogP contribution in [0.25, 0.3) is 17.0 Å². The Kier molecular flexibility index (Phi) is 5.91. The number of furan rings is 1. The van der Waals surface area contributed by atoms with Crippen molar-refractivity contribution >= 4 is 23.4 Å². The molecular weight excluding hydrogens is 408 g/mol. The molecule has 9 heteroatoms. The normalized spacial score (nSPS) is 16.3. The van der Waals surface area contributed by atoms with Crippen LogP contribution in [0.3, 0.4) is 0 Å². The summed E-state index contributed by atoms with van der Waals surface area (Å²) in [6, 6.07) is 9.07. The van der Waals surface area contributed by atoms with E-state index in [9.17, 15) is 4.79 Å². The molecule has 3 aromatic heterocycles. The van der Waals surface area contributed by atoms with Gasteiger partial charge in [-0.3, -0.25) is 24.4 Å². The lowest BCUT2D eigenvalue weighted by atomic mass is 10.2. The molecule has 164 valence electrons. The molecular formula is C23H24N6O3. The Balaban J connectivity index is 1.35. The second-order valence-electron chi connectivity index (χ2n) is 7.60. The van der Waals surface area contributed by atoms with Crippen molar-refractivity contribution in [1.29, 1.82) is 0 Å². The fourth-order valence-electron chi connectivity index (χ4n) is 3.71. The summed E-state index contributed by atoms with van der Waals surface area (Å²) in [5.41, 5.74) is 2.79. The summed E-state index contributed by atoms with van der Waals surface area (Å²) >= 11 is 0. The quantitative estimate of drug-likeness (QED) is 0.616. The van der Waals surface area contributed by atoms with Crippen molar-refractivity contribution in [3.8, 4) is 11.4 Å². The molecule has 5 rings (SSSR count). The summed E-state index contributed by atoms with van der Waals surface area (Å²) in [6.45, 7) is 5.54. The molecule has 32 heavy (non-hydrogen) atoms. The SMILES string of the molecule is O=C(Nc1cn(CCN2CCOCC2)nc1-c1ccccn1)c1ccc(C2=CCN=C2)o1. The van der Waals surface area contributed by atoms with E-state index in [2.05, 4.69) is 20.2 Å². The highest BCUT2D eigenvalue weighted by Gasteiger charge is 2.19. The molecule has 1 saturated heterocycles. The number of allylic oxidation sites excluding steroid dienone is 1. The van der Waals surface area contributed by atoms with Gasteiger partial charge in [-0.2, -0.15) is 5.10 Å². The maximum atomic E-state index is 12.9. The first-order valence-electron chi connectivity index (χ1n) is 10.7. The van der Waals surface area contributed by atoms with E-state index in [1.54, 1.807) is 24.5 Å².